The molecule has 0 bridgehead atoms. The lowest BCUT2D eigenvalue weighted by Gasteiger charge is -2.01. The van der Waals surface area contributed by atoms with Crippen LogP contribution in [0, 0.1) is 6.92 Å². The van der Waals surface area contributed by atoms with Gasteiger partial charge >= 0.3 is 0 Å². The van der Waals surface area contributed by atoms with Gasteiger partial charge < -0.3 is 0 Å². The van der Waals surface area contributed by atoms with Crippen molar-refractivity contribution in [1.82, 2.24) is 4.98 Å². The molecule has 60 valence electrons. The Bertz CT molecular complexity index is 382. The molecule has 0 aliphatic rings. The van der Waals surface area contributed by atoms with Crippen molar-refractivity contribution in [2.24, 2.45) is 0 Å². The van der Waals surface area contributed by atoms with Gasteiger partial charge in [-0.2, -0.15) is 0 Å². The van der Waals surface area contributed by atoms with Crippen LogP contribution in [-0.2, 0) is 0 Å². The molecule has 0 spiro atoms. The van der Waals surface area contributed by atoms with Crippen LogP contribution in [0.2, 0.25) is 0 Å². The molecule has 2 aromatic rings. The zero-order chi connectivity index (χ0) is 8.55. The summed E-state index contributed by atoms with van der Waals surface area (Å²) in [5, 5.41) is 1.18. The Kier molecular flexibility index (Phi) is 1.85. The van der Waals surface area contributed by atoms with Crippen molar-refractivity contribution < 1.29 is 0 Å². The molecule has 2 heteroatoms. The fourth-order valence-corrected chi connectivity index (χ4v) is 1.73. The molecule has 1 heterocycles. The summed E-state index contributed by atoms with van der Waals surface area (Å²) in [6, 6.07) is 8.15. The van der Waals surface area contributed by atoms with Gasteiger partial charge in [0.25, 0.3) is 0 Å². The number of para-hydroxylation sites is 1. The first-order valence-electron chi connectivity index (χ1n) is 3.79. The van der Waals surface area contributed by atoms with Crippen molar-refractivity contribution in [2.75, 3.05) is 0 Å². The van der Waals surface area contributed by atoms with Crippen LogP contribution in [0.5, 0.6) is 0 Å². The molecule has 0 radical (unpaired) electrons. The van der Waals surface area contributed by atoms with Crippen LogP contribution in [0.1, 0.15) is 5.56 Å². The molecule has 0 amide bonds. The van der Waals surface area contributed by atoms with Crippen LogP contribution in [0.25, 0.3) is 10.9 Å². The molecule has 0 N–H and O–H groups in total. The number of hydrogen-bond donors (Lipinski definition) is 0. The maximum atomic E-state index is 4.31. The van der Waals surface area contributed by atoms with E-state index in [1.54, 1.807) is 0 Å². The first-order valence-corrected chi connectivity index (χ1v) is 4.58. The highest BCUT2D eigenvalue weighted by Crippen LogP contribution is 2.23. The molecule has 0 fully saturated rings. The summed E-state index contributed by atoms with van der Waals surface area (Å²) in [6.07, 6.45) is 1.82. The van der Waals surface area contributed by atoms with E-state index in [2.05, 4.69) is 40.0 Å². The number of pyridine rings is 1. The van der Waals surface area contributed by atoms with E-state index in [-0.39, 0.29) is 0 Å². The van der Waals surface area contributed by atoms with Gasteiger partial charge in [0.15, 0.2) is 0 Å². The highest BCUT2D eigenvalue weighted by molar-refractivity contribution is 9.10. The minimum absolute atomic E-state index is 1.08. The zero-order valence-electron chi connectivity index (χ0n) is 6.71. The highest BCUT2D eigenvalue weighted by Gasteiger charge is 1.99. The molecular weight excluding hydrogens is 214 g/mol. The van der Waals surface area contributed by atoms with E-state index in [0.29, 0.717) is 0 Å². The fourth-order valence-electron chi connectivity index (χ4n) is 1.29. The number of hydrogen-bond acceptors (Lipinski definition) is 1. The molecule has 1 aromatic carbocycles. The Labute approximate surface area is 79.6 Å². The van der Waals surface area contributed by atoms with Crippen LogP contribution in [0.4, 0.5) is 0 Å². The molecule has 0 aliphatic carbocycles. The van der Waals surface area contributed by atoms with Gasteiger partial charge in [-0.25, -0.2) is 0 Å². The molecule has 2 rings (SSSR count). The third-order valence-corrected chi connectivity index (χ3v) is 2.61. The van der Waals surface area contributed by atoms with Gasteiger partial charge in [0.05, 0.1) is 5.52 Å². The van der Waals surface area contributed by atoms with Crippen LogP contribution in [-0.4, -0.2) is 4.98 Å². The van der Waals surface area contributed by atoms with Gasteiger partial charge in [-0.1, -0.05) is 34.1 Å². The maximum absolute atomic E-state index is 4.31. The summed E-state index contributed by atoms with van der Waals surface area (Å²) in [5.74, 6) is 0. The monoisotopic (exact) mass is 221 g/mol. The number of rotatable bonds is 0. The standard InChI is InChI=1S/C10H8BrN/c1-7-3-2-4-8-9(11)5-6-12-10(7)8/h2-6H,1H3. The predicted molar refractivity (Wildman–Crippen MR) is 54.2 cm³/mol. The third-order valence-electron chi connectivity index (χ3n) is 1.92. The van der Waals surface area contributed by atoms with Gasteiger partial charge in [-0.05, 0) is 18.6 Å². The molecule has 0 saturated carbocycles. The molecule has 12 heavy (non-hydrogen) atoms. The van der Waals surface area contributed by atoms with E-state index < -0.39 is 0 Å². The second kappa shape index (κ2) is 2.87. The van der Waals surface area contributed by atoms with E-state index in [1.165, 1.54) is 10.9 Å². The Morgan fingerprint density at radius 2 is 2.08 bits per heavy atom. The Morgan fingerprint density at radius 3 is 2.83 bits per heavy atom. The van der Waals surface area contributed by atoms with E-state index >= 15 is 0 Å². The minimum atomic E-state index is 1.08. The summed E-state index contributed by atoms with van der Waals surface area (Å²) in [5.41, 5.74) is 2.29. The number of aromatic nitrogens is 1. The smallest absolute Gasteiger partial charge is 0.0742 e. The largest absolute Gasteiger partial charge is 0.256 e. The van der Waals surface area contributed by atoms with Gasteiger partial charge in [0.2, 0.25) is 0 Å². The van der Waals surface area contributed by atoms with Gasteiger partial charge in [-0.3, -0.25) is 4.98 Å². The number of benzene rings is 1. The summed E-state index contributed by atoms with van der Waals surface area (Å²) < 4.78 is 1.11. The summed E-state index contributed by atoms with van der Waals surface area (Å²) in [4.78, 5) is 4.31. The van der Waals surface area contributed by atoms with Crippen molar-refractivity contribution in [3.8, 4) is 0 Å². The fraction of sp³-hybridized carbons (Fsp3) is 0.100. The third kappa shape index (κ3) is 1.12. The molecule has 0 saturated heterocycles. The molecule has 0 unspecified atom stereocenters. The first kappa shape index (κ1) is 7.74. The number of halogens is 1. The lowest BCUT2D eigenvalue weighted by Crippen LogP contribution is -1.82. The number of nitrogens with zero attached hydrogens (tertiary/aromatic N) is 1. The van der Waals surface area contributed by atoms with Crippen LogP contribution in [0.3, 0.4) is 0 Å². The number of fused-ring (bicyclic) bond motifs is 1. The summed E-state index contributed by atoms with van der Waals surface area (Å²) in [6.45, 7) is 2.07. The molecular formula is C10H8BrN. The van der Waals surface area contributed by atoms with Crippen molar-refractivity contribution in [1.29, 1.82) is 0 Å². The van der Waals surface area contributed by atoms with Crippen LogP contribution < -0.4 is 0 Å². The maximum Gasteiger partial charge on any atom is 0.0742 e. The molecule has 0 aliphatic heterocycles. The summed E-state index contributed by atoms with van der Waals surface area (Å²) in [7, 11) is 0. The molecule has 0 atom stereocenters. The first-order chi connectivity index (χ1) is 5.79. The average Bonchev–Trinajstić information content (AvgIpc) is 2.07. The van der Waals surface area contributed by atoms with Crippen molar-refractivity contribution in [3.05, 3.63) is 40.5 Å². The summed E-state index contributed by atoms with van der Waals surface area (Å²) >= 11 is 3.49. The second-order valence-corrected chi connectivity index (χ2v) is 3.62. The average molecular weight is 222 g/mol. The lowest BCUT2D eigenvalue weighted by molar-refractivity contribution is 1.36. The Morgan fingerprint density at radius 1 is 1.25 bits per heavy atom. The van der Waals surface area contributed by atoms with E-state index in [1.807, 2.05) is 18.3 Å². The van der Waals surface area contributed by atoms with Crippen LogP contribution >= 0.6 is 15.9 Å². The van der Waals surface area contributed by atoms with Crippen LogP contribution in [0.15, 0.2) is 34.9 Å². The number of aryl methyl sites for hydroxylation is 1. The van der Waals surface area contributed by atoms with Crippen molar-refractivity contribution in [2.45, 2.75) is 6.92 Å². The topological polar surface area (TPSA) is 12.9 Å². The molecule has 1 aromatic heterocycles. The Hall–Kier alpha value is -0.890. The predicted octanol–water partition coefficient (Wildman–Crippen LogP) is 3.31. The van der Waals surface area contributed by atoms with Gasteiger partial charge in [0.1, 0.15) is 0 Å². The zero-order valence-corrected chi connectivity index (χ0v) is 8.30. The van der Waals surface area contributed by atoms with E-state index in [0.717, 1.165) is 9.99 Å². The van der Waals surface area contributed by atoms with Gasteiger partial charge in [-0.15, -0.1) is 0 Å². The van der Waals surface area contributed by atoms with Crippen molar-refractivity contribution >= 4 is 26.8 Å². The van der Waals surface area contributed by atoms with E-state index in [9.17, 15) is 0 Å². The molecule has 1 nitrogen and oxygen atoms in total. The van der Waals surface area contributed by atoms with Crippen molar-refractivity contribution in [3.63, 3.8) is 0 Å². The van der Waals surface area contributed by atoms with E-state index in [4.69, 9.17) is 0 Å². The highest BCUT2D eigenvalue weighted by atomic mass is 79.9. The van der Waals surface area contributed by atoms with Gasteiger partial charge in [0, 0.05) is 16.1 Å². The normalized spacial score (nSPS) is 10.5. The second-order valence-electron chi connectivity index (χ2n) is 2.76. The SMILES string of the molecule is Cc1cccc2c(Br)ccnc12. The minimum Gasteiger partial charge on any atom is -0.256 e. The lowest BCUT2D eigenvalue weighted by atomic mass is 10.1. The Balaban J connectivity index is 2.94. The quantitative estimate of drug-likeness (QED) is 0.666.